The van der Waals surface area contributed by atoms with Gasteiger partial charge in [0.2, 0.25) is 0 Å². The van der Waals surface area contributed by atoms with Gasteiger partial charge in [-0.15, -0.1) is 0 Å². The first-order valence-electron chi connectivity index (χ1n) is 6.13. The third kappa shape index (κ3) is 2.31. The molecular formula is C15H18ClNO. The molecule has 1 unspecified atom stereocenters. The first-order valence-corrected chi connectivity index (χ1v) is 6.50. The van der Waals surface area contributed by atoms with Crippen LogP contribution in [0.4, 0.5) is 0 Å². The molecule has 3 heteroatoms. The first-order chi connectivity index (χ1) is 8.54. The van der Waals surface area contributed by atoms with Crippen molar-refractivity contribution in [3.05, 3.63) is 57.5 Å². The summed E-state index contributed by atoms with van der Waals surface area (Å²) in [5.41, 5.74) is 10.7. The highest BCUT2D eigenvalue weighted by Crippen LogP contribution is 2.29. The Morgan fingerprint density at radius 2 is 1.94 bits per heavy atom. The van der Waals surface area contributed by atoms with Gasteiger partial charge in [0.15, 0.2) is 0 Å². The van der Waals surface area contributed by atoms with Crippen LogP contribution < -0.4 is 5.73 Å². The van der Waals surface area contributed by atoms with E-state index in [-0.39, 0.29) is 6.04 Å². The minimum absolute atomic E-state index is 0.158. The Bertz CT molecular complexity index is 560. The van der Waals surface area contributed by atoms with E-state index in [1.54, 1.807) is 6.26 Å². The summed E-state index contributed by atoms with van der Waals surface area (Å²) in [7, 11) is 0. The van der Waals surface area contributed by atoms with E-state index in [0.717, 1.165) is 39.5 Å². The maximum absolute atomic E-state index is 6.35. The summed E-state index contributed by atoms with van der Waals surface area (Å²) in [5.74, 6) is 0.953. The summed E-state index contributed by atoms with van der Waals surface area (Å²) in [6.07, 6.45) is 2.55. The largest absolute Gasteiger partial charge is 0.469 e. The fourth-order valence-corrected chi connectivity index (χ4v) is 2.44. The molecule has 96 valence electrons. The highest BCUT2D eigenvalue weighted by molar-refractivity contribution is 6.31. The van der Waals surface area contributed by atoms with Gasteiger partial charge >= 0.3 is 0 Å². The second-order valence-corrected chi connectivity index (χ2v) is 5.00. The molecule has 0 aliphatic carbocycles. The molecule has 1 aromatic heterocycles. The van der Waals surface area contributed by atoms with Gasteiger partial charge in [0.1, 0.15) is 5.76 Å². The summed E-state index contributed by atoms with van der Waals surface area (Å²) in [6, 6.07) is 5.83. The van der Waals surface area contributed by atoms with Crippen LogP contribution in [0.5, 0.6) is 0 Å². The zero-order valence-electron chi connectivity index (χ0n) is 11.0. The zero-order chi connectivity index (χ0) is 13.3. The van der Waals surface area contributed by atoms with Crippen molar-refractivity contribution >= 4 is 11.6 Å². The van der Waals surface area contributed by atoms with Gasteiger partial charge in [-0.2, -0.15) is 0 Å². The molecule has 0 aliphatic heterocycles. The van der Waals surface area contributed by atoms with Crippen LogP contribution in [0.1, 0.15) is 41.0 Å². The van der Waals surface area contributed by atoms with E-state index >= 15 is 0 Å². The molecule has 2 nitrogen and oxygen atoms in total. The molecule has 0 radical (unpaired) electrons. The van der Waals surface area contributed by atoms with Crippen molar-refractivity contribution in [2.24, 2.45) is 5.73 Å². The number of furan rings is 1. The van der Waals surface area contributed by atoms with Gasteiger partial charge in [0.25, 0.3) is 0 Å². The van der Waals surface area contributed by atoms with E-state index < -0.39 is 0 Å². The van der Waals surface area contributed by atoms with E-state index in [1.807, 2.05) is 26.0 Å². The molecule has 18 heavy (non-hydrogen) atoms. The Morgan fingerprint density at radius 3 is 2.61 bits per heavy atom. The number of nitrogens with two attached hydrogens (primary N) is 1. The van der Waals surface area contributed by atoms with Gasteiger partial charge in [0.05, 0.1) is 12.3 Å². The van der Waals surface area contributed by atoms with Gasteiger partial charge in [0, 0.05) is 17.0 Å². The van der Waals surface area contributed by atoms with E-state index in [2.05, 4.69) is 13.0 Å². The average Bonchev–Trinajstić information content (AvgIpc) is 2.81. The van der Waals surface area contributed by atoms with Crippen molar-refractivity contribution in [2.75, 3.05) is 0 Å². The topological polar surface area (TPSA) is 39.2 Å². The first kappa shape index (κ1) is 13.2. The molecule has 0 bridgehead atoms. The Kier molecular flexibility index (Phi) is 3.79. The van der Waals surface area contributed by atoms with Gasteiger partial charge in [-0.25, -0.2) is 0 Å². The summed E-state index contributed by atoms with van der Waals surface area (Å²) >= 11 is 6.11. The Hall–Kier alpha value is -1.25. The molecule has 2 N–H and O–H groups in total. The molecule has 0 aliphatic rings. The molecule has 0 spiro atoms. The number of aryl methyl sites for hydroxylation is 3. The quantitative estimate of drug-likeness (QED) is 0.903. The Balaban J connectivity index is 2.46. The second-order valence-electron chi connectivity index (χ2n) is 4.59. The molecule has 0 saturated heterocycles. The van der Waals surface area contributed by atoms with Gasteiger partial charge in [-0.1, -0.05) is 24.6 Å². The highest BCUT2D eigenvalue weighted by atomic mass is 35.5. The lowest BCUT2D eigenvalue weighted by molar-refractivity contribution is 0.509. The van der Waals surface area contributed by atoms with E-state index in [0.29, 0.717) is 0 Å². The number of benzene rings is 1. The Labute approximate surface area is 113 Å². The average molecular weight is 264 g/mol. The zero-order valence-corrected chi connectivity index (χ0v) is 11.7. The molecule has 0 amide bonds. The van der Waals surface area contributed by atoms with Crippen LogP contribution in [-0.4, -0.2) is 0 Å². The van der Waals surface area contributed by atoms with Crippen molar-refractivity contribution in [2.45, 2.75) is 33.2 Å². The molecular weight excluding hydrogens is 246 g/mol. The maximum Gasteiger partial charge on any atom is 0.108 e. The van der Waals surface area contributed by atoms with Gasteiger partial charge in [-0.05, 0) is 42.7 Å². The third-order valence-electron chi connectivity index (χ3n) is 3.32. The fraction of sp³-hybridized carbons (Fsp3) is 0.333. The summed E-state index contributed by atoms with van der Waals surface area (Å²) < 4.78 is 5.44. The maximum atomic E-state index is 6.35. The molecule has 1 heterocycles. The van der Waals surface area contributed by atoms with Crippen LogP contribution in [0.3, 0.4) is 0 Å². The number of hydrogen-bond acceptors (Lipinski definition) is 2. The fourth-order valence-electron chi connectivity index (χ4n) is 2.22. The lowest BCUT2D eigenvalue weighted by Gasteiger charge is -2.16. The predicted molar refractivity (Wildman–Crippen MR) is 75.0 cm³/mol. The number of halogens is 1. The molecule has 2 aromatic rings. The predicted octanol–water partition coefficient (Wildman–Crippen LogP) is 4.16. The number of rotatable bonds is 3. The Morgan fingerprint density at radius 1 is 1.22 bits per heavy atom. The van der Waals surface area contributed by atoms with E-state index in [9.17, 15) is 0 Å². The minimum Gasteiger partial charge on any atom is -0.469 e. The van der Waals surface area contributed by atoms with E-state index in [1.165, 1.54) is 0 Å². The van der Waals surface area contributed by atoms with Gasteiger partial charge in [-0.3, -0.25) is 0 Å². The van der Waals surface area contributed by atoms with Crippen molar-refractivity contribution in [3.63, 3.8) is 0 Å². The summed E-state index contributed by atoms with van der Waals surface area (Å²) in [5, 5.41) is 0.784. The van der Waals surface area contributed by atoms with Gasteiger partial charge < -0.3 is 10.2 Å². The third-order valence-corrected chi connectivity index (χ3v) is 3.73. The van der Waals surface area contributed by atoms with Crippen LogP contribution in [0, 0.1) is 13.8 Å². The summed E-state index contributed by atoms with van der Waals surface area (Å²) in [6.45, 7) is 6.09. The standard InChI is InChI=1S/C15H18ClNO/c1-4-14-11(5-6-18-14)15(17)12-7-10(3)13(16)8-9(12)2/h5-8,15H,4,17H2,1-3H3. The molecule has 0 fully saturated rings. The molecule has 0 saturated carbocycles. The molecule has 1 atom stereocenters. The van der Waals surface area contributed by atoms with Crippen LogP contribution in [0.15, 0.2) is 28.9 Å². The van der Waals surface area contributed by atoms with Crippen molar-refractivity contribution < 1.29 is 4.42 Å². The van der Waals surface area contributed by atoms with E-state index in [4.69, 9.17) is 21.8 Å². The minimum atomic E-state index is -0.158. The monoisotopic (exact) mass is 263 g/mol. The van der Waals surface area contributed by atoms with Crippen LogP contribution >= 0.6 is 11.6 Å². The highest BCUT2D eigenvalue weighted by Gasteiger charge is 2.17. The molecule has 1 aromatic carbocycles. The normalized spacial score (nSPS) is 12.7. The van der Waals surface area contributed by atoms with Crippen LogP contribution in [0.2, 0.25) is 5.02 Å². The van der Waals surface area contributed by atoms with Crippen LogP contribution in [-0.2, 0) is 6.42 Å². The molecule has 2 rings (SSSR count). The number of hydrogen-bond donors (Lipinski definition) is 1. The summed E-state index contributed by atoms with van der Waals surface area (Å²) in [4.78, 5) is 0. The van der Waals surface area contributed by atoms with Crippen molar-refractivity contribution in [1.29, 1.82) is 0 Å². The SMILES string of the molecule is CCc1occc1C(N)c1cc(C)c(Cl)cc1C. The van der Waals surface area contributed by atoms with Crippen molar-refractivity contribution in [1.82, 2.24) is 0 Å². The smallest absolute Gasteiger partial charge is 0.108 e. The van der Waals surface area contributed by atoms with Crippen LogP contribution in [0.25, 0.3) is 0 Å². The second kappa shape index (κ2) is 5.17. The van der Waals surface area contributed by atoms with Crippen molar-refractivity contribution in [3.8, 4) is 0 Å². The lowest BCUT2D eigenvalue weighted by Crippen LogP contribution is -2.14. The lowest BCUT2D eigenvalue weighted by atomic mass is 9.94.